The Kier molecular flexibility index (Phi) is 2.85. The smallest absolute Gasteiger partial charge is 0.272 e. The molecule has 0 heterocycles. The van der Waals surface area contributed by atoms with E-state index in [1.54, 1.807) is 24.3 Å². The largest absolute Gasteiger partial charge is 0.485 e. The van der Waals surface area contributed by atoms with Gasteiger partial charge in [-0.3, -0.25) is 0 Å². The Labute approximate surface area is 68.9 Å². The molecule has 0 aliphatic heterocycles. The van der Waals surface area contributed by atoms with Gasteiger partial charge in [-0.25, -0.2) is 8.78 Å². The number of hydrogen-bond acceptors (Lipinski definition) is 2. The van der Waals surface area contributed by atoms with Crippen molar-refractivity contribution >= 4 is 5.69 Å². The number of hydrogen-bond donors (Lipinski definition) is 1. The molecule has 0 spiro atoms. The van der Waals surface area contributed by atoms with Gasteiger partial charge in [0, 0.05) is 0 Å². The maximum absolute atomic E-state index is 11.7. The minimum Gasteiger partial charge on any atom is -0.485 e. The van der Waals surface area contributed by atoms with Crippen molar-refractivity contribution in [2.24, 2.45) is 0 Å². The van der Waals surface area contributed by atoms with E-state index < -0.39 is 13.0 Å². The SMILES string of the molecule is Nc1ccccc1OCC(F)F. The number of anilines is 1. The average molecular weight is 173 g/mol. The molecule has 0 radical (unpaired) electrons. The van der Waals surface area contributed by atoms with Crippen LogP contribution < -0.4 is 10.5 Å². The molecule has 0 bridgehead atoms. The first-order chi connectivity index (χ1) is 5.70. The minimum atomic E-state index is -2.47. The van der Waals surface area contributed by atoms with E-state index in [4.69, 9.17) is 10.5 Å². The summed E-state index contributed by atoms with van der Waals surface area (Å²) in [6, 6.07) is 6.54. The zero-order chi connectivity index (χ0) is 8.97. The van der Waals surface area contributed by atoms with Crippen LogP contribution in [0.3, 0.4) is 0 Å². The lowest BCUT2D eigenvalue weighted by Crippen LogP contribution is -2.08. The van der Waals surface area contributed by atoms with Gasteiger partial charge in [0.15, 0.2) is 0 Å². The molecule has 0 saturated carbocycles. The highest BCUT2D eigenvalue weighted by molar-refractivity contribution is 5.51. The second-order valence-electron chi connectivity index (χ2n) is 2.24. The lowest BCUT2D eigenvalue weighted by Gasteiger charge is -2.06. The van der Waals surface area contributed by atoms with Gasteiger partial charge >= 0.3 is 0 Å². The Hall–Kier alpha value is -1.32. The van der Waals surface area contributed by atoms with E-state index in [9.17, 15) is 8.78 Å². The summed E-state index contributed by atoms with van der Waals surface area (Å²) in [6.07, 6.45) is -2.47. The van der Waals surface area contributed by atoms with Gasteiger partial charge in [-0.05, 0) is 12.1 Å². The third-order valence-electron chi connectivity index (χ3n) is 1.28. The van der Waals surface area contributed by atoms with Crippen LogP contribution in [-0.2, 0) is 0 Å². The lowest BCUT2D eigenvalue weighted by atomic mass is 10.3. The van der Waals surface area contributed by atoms with Crippen molar-refractivity contribution in [3.63, 3.8) is 0 Å². The van der Waals surface area contributed by atoms with E-state index in [1.807, 2.05) is 0 Å². The molecule has 1 aromatic rings. The van der Waals surface area contributed by atoms with Crippen LogP contribution in [0.5, 0.6) is 5.75 Å². The maximum Gasteiger partial charge on any atom is 0.272 e. The third kappa shape index (κ3) is 2.38. The van der Waals surface area contributed by atoms with Crippen LogP contribution in [0, 0.1) is 0 Å². The fourth-order valence-electron chi connectivity index (χ4n) is 0.765. The summed E-state index contributed by atoms with van der Waals surface area (Å²) in [5.41, 5.74) is 5.81. The van der Waals surface area contributed by atoms with Gasteiger partial charge in [0.1, 0.15) is 12.4 Å². The highest BCUT2D eigenvalue weighted by Gasteiger charge is 2.04. The van der Waals surface area contributed by atoms with Crippen molar-refractivity contribution in [3.05, 3.63) is 24.3 Å². The van der Waals surface area contributed by atoms with Crippen LogP contribution in [0.4, 0.5) is 14.5 Å². The Morgan fingerprint density at radius 1 is 1.33 bits per heavy atom. The van der Waals surface area contributed by atoms with Gasteiger partial charge in [0.05, 0.1) is 5.69 Å². The molecule has 1 aromatic carbocycles. The van der Waals surface area contributed by atoms with E-state index in [2.05, 4.69) is 0 Å². The molecule has 0 aromatic heterocycles. The van der Waals surface area contributed by atoms with E-state index in [1.165, 1.54) is 0 Å². The first kappa shape index (κ1) is 8.77. The number of ether oxygens (including phenoxy) is 1. The topological polar surface area (TPSA) is 35.2 Å². The van der Waals surface area contributed by atoms with E-state index in [0.717, 1.165) is 0 Å². The molecule has 12 heavy (non-hydrogen) atoms. The van der Waals surface area contributed by atoms with Gasteiger partial charge < -0.3 is 10.5 Å². The van der Waals surface area contributed by atoms with Crippen LogP contribution in [0.2, 0.25) is 0 Å². The average Bonchev–Trinajstić information content (AvgIpc) is 2.03. The van der Waals surface area contributed by atoms with E-state index in [-0.39, 0.29) is 0 Å². The summed E-state index contributed by atoms with van der Waals surface area (Å²) in [6.45, 7) is -0.617. The number of benzene rings is 1. The summed E-state index contributed by atoms with van der Waals surface area (Å²) < 4.78 is 28.1. The Morgan fingerprint density at radius 2 is 2.00 bits per heavy atom. The number of halogens is 2. The fourth-order valence-corrected chi connectivity index (χ4v) is 0.765. The number of nitrogen functional groups attached to an aromatic ring is 1. The Morgan fingerprint density at radius 3 is 2.58 bits per heavy atom. The predicted molar refractivity (Wildman–Crippen MR) is 42.4 cm³/mol. The van der Waals surface area contributed by atoms with Crippen molar-refractivity contribution in [1.82, 2.24) is 0 Å². The zero-order valence-corrected chi connectivity index (χ0v) is 6.34. The summed E-state index contributed by atoms with van der Waals surface area (Å²) in [5.74, 6) is 0.304. The summed E-state index contributed by atoms with van der Waals surface area (Å²) in [7, 11) is 0. The monoisotopic (exact) mass is 173 g/mol. The predicted octanol–water partition coefficient (Wildman–Crippen LogP) is 1.91. The Bertz CT molecular complexity index is 253. The van der Waals surface area contributed by atoms with Crippen molar-refractivity contribution in [3.8, 4) is 5.75 Å². The number of nitrogens with two attached hydrogens (primary N) is 1. The van der Waals surface area contributed by atoms with E-state index >= 15 is 0 Å². The van der Waals surface area contributed by atoms with Crippen LogP contribution in [0.15, 0.2) is 24.3 Å². The van der Waals surface area contributed by atoms with Gasteiger partial charge in [0.2, 0.25) is 0 Å². The quantitative estimate of drug-likeness (QED) is 0.708. The van der Waals surface area contributed by atoms with Crippen LogP contribution in [0.25, 0.3) is 0 Å². The van der Waals surface area contributed by atoms with Crippen molar-refractivity contribution in [2.75, 3.05) is 12.3 Å². The standard InChI is InChI=1S/C8H9F2NO/c9-8(10)5-12-7-4-2-1-3-6(7)11/h1-4,8H,5,11H2. The van der Waals surface area contributed by atoms with Gasteiger partial charge in [-0.2, -0.15) is 0 Å². The lowest BCUT2D eigenvalue weighted by molar-refractivity contribution is 0.0823. The summed E-state index contributed by atoms with van der Waals surface area (Å²) >= 11 is 0. The van der Waals surface area contributed by atoms with Gasteiger partial charge in [0.25, 0.3) is 6.43 Å². The van der Waals surface area contributed by atoms with Gasteiger partial charge in [-0.1, -0.05) is 12.1 Å². The molecular formula is C8H9F2NO. The fraction of sp³-hybridized carbons (Fsp3) is 0.250. The molecule has 0 aliphatic rings. The summed E-state index contributed by atoms with van der Waals surface area (Å²) in [4.78, 5) is 0. The second kappa shape index (κ2) is 3.90. The normalized spacial score (nSPS) is 10.2. The molecular weight excluding hydrogens is 164 g/mol. The maximum atomic E-state index is 11.7. The molecule has 0 amide bonds. The second-order valence-corrected chi connectivity index (χ2v) is 2.24. The van der Waals surface area contributed by atoms with E-state index in [0.29, 0.717) is 11.4 Å². The van der Waals surface area contributed by atoms with Crippen molar-refractivity contribution in [2.45, 2.75) is 6.43 Å². The van der Waals surface area contributed by atoms with Crippen LogP contribution >= 0.6 is 0 Å². The molecule has 0 aliphatic carbocycles. The highest BCUT2D eigenvalue weighted by Crippen LogP contribution is 2.19. The number of rotatable bonds is 3. The molecule has 66 valence electrons. The summed E-state index contributed by atoms with van der Waals surface area (Å²) in [5, 5.41) is 0. The molecule has 0 unspecified atom stereocenters. The van der Waals surface area contributed by atoms with Crippen molar-refractivity contribution < 1.29 is 13.5 Å². The molecule has 4 heteroatoms. The van der Waals surface area contributed by atoms with Crippen LogP contribution in [-0.4, -0.2) is 13.0 Å². The molecule has 0 atom stereocenters. The molecule has 2 nitrogen and oxygen atoms in total. The first-order valence-corrected chi connectivity index (χ1v) is 3.45. The van der Waals surface area contributed by atoms with Gasteiger partial charge in [-0.15, -0.1) is 0 Å². The highest BCUT2D eigenvalue weighted by atomic mass is 19.3. The molecule has 0 saturated heterocycles. The number of alkyl halides is 2. The zero-order valence-electron chi connectivity index (χ0n) is 6.34. The molecule has 1 rings (SSSR count). The third-order valence-corrected chi connectivity index (χ3v) is 1.28. The van der Waals surface area contributed by atoms with Crippen molar-refractivity contribution in [1.29, 1.82) is 0 Å². The first-order valence-electron chi connectivity index (χ1n) is 3.45. The minimum absolute atomic E-state index is 0.304. The Balaban J connectivity index is 2.57. The molecule has 0 fully saturated rings. The van der Waals surface area contributed by atoms with Crippen LogP contribution in [0.1, 0.15) is 0 Å². The molecule has 2 N–H and O–H groups in total. The number of para-hydroxylation sites is 2.